The van der Waals surface area contributed by atoms with Crippen LogP contribution >= 0.6 is 0 Å². The standard InChI is InChI=1S/C18H13F3N6O2/c19-18(20,21)9-23-17(28)25-13-3-1-2-11(6-13)14-8-22-15-7-12(4-5-27(14)15)16-26-24-10-29-16/h1-8,10H,9H2,(H2,23,25,28). The molecule has 2 N–H and O–H groups in total. The van der Waals surface area contributed by atoms with Gasteiger partial charge < -0.3 is 15.1 Å². The zero-order chi connectivity index (χ0) is 20.4. The van der Waals surface area contributed by atoms with E-state index in [0.29, 0.717) is 22.8 Å². The lowest BCUT2D eigenvalue weighted by molar-refractivity contribution is -0.122. The maximum absolute atomic E-state index is 12.2. The summed E-state index contributed by atoms with van der Waals surface area (Å²) < 4.78 is 43.6. The van der Waals surface area contributed by atoms with Crippen LogP contribution in [0.1, 0.15) is 0 Å². The molecule has 0 bridgehead atoms. The lowest BCUT2D eigenvalue weighted by atomic mass is 10.1. The van der Waals surface area contributed by atoms with E-state index in [4.69, 9.17) is 4.42 Å². The number of anilines is 1. The van der Waals surface area contributed by atoms with Gasteiger partial charge >= 0.3 is 12.2 Å². The number of nitrogens with one attached hydrogen (secondary N) is 2. The van der Waals surface area contributed by atoms with E-state index >= 15 is 0 Å². The van der Waals surface area contributed by atoms with E-state index in [1.807, 2.05) is 4.40 Å². The van der Waals surface area contributed by atoms with Crippen molar-refractivity contribution in [3.63, 3.8) is 0 Å². The molecule has 11 heteroatoms. The fourth-order valence-electron chi connectivity index (χ4n) is 2.74. The predicted octanol–water partition coefficient (Wildman–Crippen LogP) is 3.74. The Kier molecular flexibility index (Phi) is 4.63. The third kappa shape index (κ3) is 4.18. The monoisotopic (exact) mass is 402 g/mol. The second kappa shape index (κ2) is 7.26. The first-order chi connectivity index (χ1) is 13.9. The Hall–Kier alpha value is -3.89. The number of hydrogen-bond donors (Lipinski definition) is 2. The molecule has 29 heavy (non-hydrogen) atoms. The van der Waals surface area contributed by atoms with Crippen molar-refractivity contribution in [2.24, 2.45) is 0 Å². The van der Waals surface area contributed by atoms with Crippen LogP contribution in [0.5, 0.6) is 0 Å². The van der Waals surface area contributed by atoms with Crippen LogP contribution in [0.2, 0.25) is 0 Å². The Morgan fingerprint density at radius 2 is 2.03 bits per heavy atom. The van der Waals surface area contributed by atoms with Gasteiger partial charge in [0.1, 0.15) is 12.2 Å². The Labute approximate surface area is 161 Å². The maximum Gasteiger partial charge on any atom is 0.405 e. The molecular formula is C18H13F3N6O2. The lowest BCUT2D eigenvalue weighted by Crippen LogP contribution is -2.36. The molecule has 0 saturated carbocycles. The Morgan fingerprint density at radius 3 is 2.79 bits per heavy atom. The molecule has 148 valence electrons. The fraction of sp³-hybridized carbons (Fsp3) is 0.111. The summed E-state index contributed by atoms with van der Waals surface area (Å²) >= 11 is 0. The number of pyridine rings is 1. The van der Waals surface area contributed by atoms with Crippen LogP contribution < -0.4 is 10.6 Å². The number of nitrogens with zero attached hydrogens (tertiary/aromatic N) is 4. The summed E-state index contributed by atoms with van der Waals surface area (Å²) in [6.45, 7) is -1.41. The van der Waals surface area contributed by atoms with Crippen LogP contribution in [0.4, 0.5) is 23.7 Å². The summed E-state index contributed by atoms with van der Waals surface area (Å²) in [5.41, 5.74) is 3.15. The summed E-state index contributed by atoms with van der Waals surface area (Å²) in [6, 6.07) is 9.33. The summed E-state index contributed by atoms with van der Waals surface area (Å²) in [4.78, 5) is 16.0. The van der Waals surface area contributed by atoms with Crippen LogP contribution in [0.15, 0.2) is 59.6 Å². The number of imidazole rings is 1. The topological polar surface area (TPSA) is 97.3 Å². The largest absolute Gasteiger partial charge is 0.423 e. The van der Waals surface area contributed by atoms with Gasteiger partial charge in [-0.15, -0.1) is 10.2 Å². The van der Waals surface area contributed by atoms with Gasteiger partial charge in [0.05, 0.1) is 11.9 Å². The number of hydrogen-bond acceptors (Lipinski definition) is 5. The molecule has 3 heterocycles. The van der Waals surface area contributed by atoms with Gasteiger partial charge in [0.25, 0.3) is 0 Å². The van der Waals surface area contributed by atoms with Gasteiger partial charge in [-0.1, -0.05) is 12.1 Å². The average molecular weight is 402 g/mol. The molecule has 0 spiro atoms. The van der Waals surface area contributed by atoms with Gasteiger partial charge in [-0.25, -0.2) is 9.78 Å². The van der Waals surface area contributed by atoms with E-state index < -0.39 is 18.8 Å². The van der Waals surface area contributed by atoms with Crippen molar-refractivity contribution < 1.29 is 22.4 Å². The highest BCUT2D eigenvalue weighted by atomic mass is 19.4. The highest BCUT2D eigenvalue weighted by molar-refractivity contribution is 5.90. The Bertz CT molecular complexity index is 1150. The number of aromatic nitrogens is 4. The van der Waals surface area contributed by atoms with E-state index in [1.54, 1.807) is 54.1 Å². The number of benzene rings is 1. The van der Waals surface area contributed by atoms with Crippen LogP contribution in [0, 0.1) is 0 Å². The molecule has 0 fully saturated rings. The number of urea groups is 1. The highest BCUT2D eigenvalue weighted by Crippen LogP contribution is 2.26. The van der Waals surface area contributed by atoms with Crippen molar-refractivity contribution >= 4 is 17.4 Å². The van der Waals surface area contributed by atoms with Crippen LogP contribution in [-0.2, 0) is 0 Å². The quantitative estimate of drug-likeness (QED) is 0.542. The average Bonchev–Trinajstić information content (AvgIpc) is 3.35. The molecule has 0 saturated heterocycles. The van der Waals surface area contributed by atoms with Crippen molar-refractivity contribution in [1.82, 2.24) is 24.9 Å². The van der Waals surface area contributed by atoms with Crippen LogP contribution in [-0.4, -0.2) is 38.3 Å². The van der Waals surface area contributed by atoms with E-state index in [0.717, 1.165) is 11.3 Å². The third-order valence-electron chi connectivity index (χ3n) is 3.99. The van der Waals surface area contributed by atoms with Crippen molar-refractivity contribution in [1.29, 1.82) is 0 Å². The summed E-state index contributed by atoms with van der Waals surface area (Å²) in [5, 5.41) is 11.7. The second-order valence-electron chi connectivity index (χ2n) is 6.03. The summed E-state index contributed by atoms with van der Waals surface area (Å²) in [6.07, 6.45) is 0.193. The fourth-order valence-corrected chi connectivity index (χ4v) is 2.74. The lowest BCUT2D eigenvalue weighted by Gasteiger charge is -2.10. The number of amides is 2. The number of fused-ring (bicyclic) bond motifs is 1. The SMILES string of the molecule is O=C(NCC(F)(F)F)Nc1cccc(-c2cnc3cc(-c4nnco4)ccn23)c1. The second-order valence-corrected chi connectivity index (χ2v) is 6.03. The zero-order valence-electron chi connectivity index (χ0n) is 14.6. The first kappa shape index (κ1) is 18.5. The predicted molar refractivity (Wildman–Crippen MR) is 97.0 cm³/mol. The minimum Gasteiger partial charge on any atom is -0.423 e. The molecule has 0 aliphatic carbocycles. The molecule has 8 nitrogen and oxygen atoms in total. The summed E-state index contributed by atoms with van der Waals surface area (Å²) in [5.74, 6) is 0.369. The Balaban J connectivity index is 1.56. The van der Waals surface area contributed by atoms with Crippen LogP contribution in [0.3, 0.4) is 0 Å². The van der Waals surface area contributed by atoms with E-state index in [-0.39, 0.29) is 0 Å². The first-order valence-corrected chi connectivity index (χ1v) is 8.35. The molecule has 0 radical (unpaired) electrons. The first-order valence-electron chi connectivity index (χ1n) is 8.35. The number of alkyl halides is 3. The van der Waals surface area contributed by atoms with Gasteiger partial charge in [0.15, 0.2) is 0 Å². The highest BCUT2D eigenvalue weighted by Gasteiger charge is 2.27. The van der Waals surface area contributed by atoms with Crippen molar-refractivity contribution in [3.05, 3.63) is 55.2 Å². The van der Waals surface area contributed by atoms with Gasteiger partial charge in [-0.05, 0) is 24.3 Å². The summed E-state index contributed by atoms with van der Waals surface area (Å²) in [7, 11) is 0. The molecule has 4 aromatic rings. The number of rotatable bonds is 4. The number of halogens is 3. The van der Waals surface area contributed by atoms with Gasteiger partial charge in [0, 0.05) is 23.0 Å². The smallest absolute Gasteiger partial charge is 0.405 e. The molecule has 4 rings (SSSR count). The number of carbonyl (C=O) groups is 1. The van der Waals surface area contributed by atoms with Crippen molar-refractivity contribution in [2.45, 2.75) is 6.18 Å². The molecule has 3 aromatic heterocycles. The molecule has 0 aliphatic heterocycles. The molecule has 2 amide bonds. The van der Waals surface area contributed by atoms with Crippen molar-refractivity contribution in [2.75, 3.05) is 11.9 Å². The minimum absolute atomic E-state index is 0.347. The van der Waals surface area contributed by atoms with Crippen LogP contribution in [0.25, 0.3) is 28.4 Å². The third-order valence-corrected chi connectivity index (χ3v) is 3.99. The van der Waals surface area contributed by atoms with E-state index in [1.165, 1.54) is 6.39 Å². The molecular weight excluding hydrogens is 389 g/mol. The minimum atomic E-state index is -4.48. The molecule has 0 unspecified atom stereocenters. The van der Waals surface area contributed by atoms with Gasteiger partial charge in [-0.2, -0.15) is 13.2 Å². The zero-order valence-corrected chi connectivity index (χ0v) is 14.6. The van der Waals surface area contributed by atoms with E-state index in [2.05, 4.69) is 20.5 Å². The van der Waals surface area contributed by atoms with E-state index in [9.17, 15) is 18.0 Å². The molecule has 1 aromatic carbocycles. The van der Waals surface area contributed by atoms with Crippen molar-refractivity contribution in [3.8, 4) is 22.7 Å². The molecule has 0 atom stereocenters. The number of carbonyl (C=O) groups excluding carboxylic acids is 1. The molecule has 0 aliphatic rings. The Morgan fingerprint density at radius 1 is 1.17 bits per heavy atom. The van der Waals surface area contributed by atoms with Gasteiger partial charge in [0.2, 0.25) is 12.3 Å². The van der Waals surface area contributed by atoms with Gasteiger partial charge in [-0.3, -0.25) is 4.40 Å². The maximum atomic E-state index is 12.2. The normalized spacial score (nSPS) is 11.6.